The Kier molecular flexibility index (Phi) is 4.89. The van der Waals surface area contributed by atoms with E-state index in [-0.39, 0.29) is 29.2 Å². The number of fused-ring (bicyclic) bond motifs is 1. The Bertz CT molecular complexity index is 957. The number of halogens is 3. The SMILES string of the molecule is NCC1(C(=O)N2CCCC2C(=O)Nc2nc3ccc(OC(F)(F)F)cc3s2)CC1. The highest BCUT2D eigenvalue weighted by Gasteiger charge is 2.53. The van der Waals surface area contributed by atoms with Gasteiger partial charge in [-0.05, 0) is 37.8 Å². The molecule has 1 saturated heterocycles. The topological polar surface area (TPSA) is 97.6 Å². The number of carbonyl (C=O) groups excluding carboxylic acids is 2. The van der Waals surface area contributed by atoms with Crippen molar-refractivity contribution >= 4 is 38.5 Å². The van der Waals surface area contributed by atoms with Gasteiger partial charge in [0.25, 0.3) is 0 Å². The van der Waals surface area contributed by atoms with Crippen molar-refractivity contribution in [2.45, 2.75) is 38.1 Å². The van der Waals surface area contributed by atoms with Crippen LogP contribution in [0.25, 0.3) is 10.2 Å². The van der Waals surface area contributed by atoms with Crippen molar-refractivity contribution in [2.75, 3.05) is 18.4 Å². The van der Waals surface area contributed by atoms with E-state index in [0.29, 0.717) is 23.2 Å². The number of hydrogen-bond acceptors (Lipinski definition) is 6. The van der Waals surface area contributed by atoms with Crippen LogP contribution in [0, 0.1) is 5.41 Å². The predicted molar refractivity (Wildman–Crippen MR) is 100 cm³/mol. The molecular weight excluding hydrogens is 409 g/mol. The largest absolute Gasteiger partial charge is 0.573 e. The summed E-state index contributed by atoms with van der Waals surface area (Å²) in [6.07, 6.45) is -2.02. The first-order valence-electron chi connectivity index (χ1n) is 9.19. The third kappa shape index (κ3) is 4.01. The van der Waals surface area contributed by atoms with Crippen LogP contribution < -0.4 is 15.8 Å². The van der Waals surface area contributed by atoms with E-state index < -0.39 is 17.8 Å². The predicted octanol–water partition coefficient (Wildman–Crippen LogP) is 2.86. The van der Waals surface area contributed by atoms with Gasteiger partial charge in [-0.15, -0.1) is 13.2 Å². The van der Waals surface area contributed by atoms with Gasteiger partial charge in [-0.25, -0.2) is 4.98 Å². The Labute approximate surface area is 168 Å². The third-order valence-corrected chi connectivity index (χ3v) is 6.27. The zero-order valence-electron chi connectivity index (χ0n) is 15.3. The maximum Gasteiger partial charge on any atom is 0.573 e. The second-order valence-corrected chi connectivity index (χ2v) is 8.36. The Morgan fingerprint density at radius 2 is 2.14 bits per heavy atom. The summed E-state index contributed by atoms with van der Waals surface area (Å²) < 4.78 is 41.5. The monoisotopic (exact) mass is 428 g/mol. The summed E-state index contributed by atoms with van der Waals surface area (Å²) in [4.78, 5) is 31.4. The maximum atomic E-state index is 12.8. The van der Waals surface area contributed by atoms with Crippen LogP contribution in [0.3, 0.4) is 0 Å². The average Bonchev–Trinajstić information content (AvgIpc) is 3.11. The number of nitrogens with one attached hydrogen (secondary N) is 1. The van der Waals surface area contributed by atoms with Gasteiger partial charge in [0.05, 0.1) is 15.6 Å². The molecule has 1 aromatic heterocycles. The molecule has 4 rings (SSSR count). The molecule has 0 spiro atoms. The van der Waals surface area contributed by atoms with Crippen molar-refractivity contribution in [3.63, 3.8) is 0 Å². The molecule has 29 heavy (non-hydrogen) atoms. The molecule has 1 aromatic carbocycles. The number of aromatic nitrogens is 1. The van der Waals surface area contributed by atoms with Crippen LogP contribution >= 0.6 is 11.3 Å². The lowest BCUT2D eigenvalue weighted by Gasteiger charge is -2.27. The fraction of sp³-hybridized carbons (Fsp3) is 0.500. The smallest absolute Gasteiger partial charge is 0.406 e. The van der Waals surface area contributed by atoms with E-state index in [0.717, 1.165) is 30.6 Å². The summed E-state index contributed by atoms with van der Waals surface area (Å²) in [5, 5.41) is 2.95. The Hall–Kier alpha value is -2.40. The highest BCUT2D eigenvalue weighted by Crippen LogP contribution is 2.47. The molecule has 2 aromatic rings. The van der Waals surface area contributed by atoms with Crippen molar-refractivity contribution < 1.29 is 27.5 Å². The minimum Gasteiger partial charge on any atom is -0.406 e. The number of rotatable bonds is 5. The van der Waals surface area contributed by atoms with E-state index in [1.54, 1.807) is 4.90 Å². The molecule has 11 heteroatoms. The summed E-state index contributed by atoms with van der Waals surface area (Å²) in [5.74, 6) is -0.777. The lowest BCUT2D eigenvalue weighted by atomic mass is 10.1. The number of hydrogen-bond donors (Lipinski definition) is 2. The molecule has 0 radical (unpaired) electrons. The van der Waals surface area contributed by atoms with Crippen molar-refractivity contribution in [3.05, 3.63) is 18.2 Å². The summed E-state index contributed by atoms with van der Waals surface area (Å²) in [7, 11) is 0. The van der Waals surface area contributed by atoms with Crippen LogP contribution in [0.5, 0.6) is 5.75 Å². The van der Waals surface area contributed by atoms with Gasteiger partial charge < -0.3 is 20.7 Å². The zero-order chi connectivity index (χ0) is 20.8. The van der Waals surface area contributed by atoms with Gasteiger partial charge in [0.1, 0.15) is 11.8 Å². The van der Waals surface area contributed by atoms with E-state index in [2.05, 4.69) is 15.0 Å². The number of ether oxygens (including phenoxy) is 1. The molecule has 2 fully saturated rings. The molecule has 1 saturated carbocycles. The molecule has 156 valence electrons. The molecule has 1 aliphatic heterocycles. The van der Waals surface area contributed by atoms with Gasteiger partial charge >= 0.3 is 6.36 Å². The van der Waals surface area contributed by atoms with Crippen LogP contribution in [0.4, 0.5) is 18.3 Å². The van der Waals surface area contributed by atoms with Gasteiger partial charge in [-0.2, -0.15) is 0 Å². The van der Waals surface area contributed by atoms with Gasteiger partial charge in [-0.1, -0.05) is 11.3 Å². The molecule has 7 nitrogen and oxygen atoms in total. The van der Waals surface area contributed by atoms with Gasteiger partial charge in [-0.3, -0.25) is 9.59 Å². The fourth-order valence-corrected chi connectivity index (χ4v) is 4.48. The lowest BCUT2D eigenvalue weighted by Crippen LogP contribution is -2.47. The average molecular weight is 428 g/mol. The van der Waals surface area contributed by atoms with Gasteiger partial charge in [0.15, 0.2) is 5.13 Å². The first-order valence-corrected chi connectivity index (χ1v) is 10.0. The summed E-state index contributed by atoms with van der Waals surface area (Å²) in [6.45, 7) is 0.785. The highest BCUT2D eigenvalue weighted by atomic mass is 32.1. The Morgan fingerprint density at radius 1 is 1.38 bits per heavy atom. The molecule has 1 unspecified atom stereocenters. The molecule has 3 N–H and O–H groups in total. The van der Waals surface area contributed by atoms with E-state index >= 15 is 0 Å². The number of nitrogens with two attached hydrogens (primary N) is 1. The second-order valence-electron chi connectivity index (χ2n) is 7.33. The first-order chi connectivity index (χ1) is 13.7. The summed E-state index contributed by atoms with van der Waals surface area (Å²) in [5.41, 5.74) is 5.66. The molecule has 2 heterocycles. The van der Waals surface area contributed by atoms with Crippen LogP contribution in [-0.2, 0) is 9.59 Å². The summed E-state index contributed by atoms with van der Waals surface area (Å²) >= 11 is 1.04. The molecule has 2 aliphatic rings. The Morgan fingerprint density at radius 3 is 2.79 bits per heavy atom. The minimum absolute atomic E-state index is 0.0732. The van der Waals surface area contributed by atoms with E-state index in [1.807, 2.05) is 0 Å². The highest BCUT2D eigenvalue weighted by molar-refractivity contribution is 7.22. The Balaban J connectivity index is 1.47. The number of nitrogens with zero attached hydrogens (tertiary/aromatic N) is 2. The quantitative estimate of drug-likeness (QED) is 0.763. The number of thiazole rings is 1. The van der Waals surface area contributed by atoms with Crippen molar-refractivity contribution in [2.24, 2.45) is 11.1 Å². The van der Waals surface area contributed by atoms with Crippen LogP contribution in [0.2, 0.25) is 0 Å². The van der Waals surface area contributed by atoms with Gasteiger partial charge in [0, 0.05) is 19.2 Å². The molecule has 1 aliphatic carbocycles. The minimum atomic E-state index is -4.78. The van der Waals surface area contributed by atoms with Crippen LogP contribution in [0.1, 0.15) is 25.7 Å². The van der Waals surface area contributed by atoms with Crippen LogP contribution in [-0.4, -0.2) is 47.2 Å². The first kappa shape index (κ1) is 19.9. The standard InChI is InChI=1S/C18H19F3N4O3S/c19-18(20,21)28-10-3-4-11-13(8-10)29-16(23-11)24-14(26)12-2-1-7-25(12)15(27)17(9-22)5-6-17/h3-4,8,12H,1-2,5-7,9,22H2,(H,23,24,26). The normalized spacial score (nSPS) is 20.7. The number of anilines is 1. The van der Waals surface area contributed by atoms with Gasteiger partial charge in [0.2, 0.25) is 11.8 Å². The van der Waals surface area contributed by atoms with E-state index in [1.165, 1.54) is 18.2 Å². The number of benzene rings is 1. The molecule has 2 amide bonds. The molecule has 1 atom stereocenters. The fourth-order valence-electron chi connectivity index (χ4n) is 3.59. The molecular formula is C18H19F3N4O3S. The second kappa shape index (κ2) is 7.13. The van der Waals surface area contributed by atoms with E-state index in [4.69, 9.17) is 5.73 Å². The maximum absolute atomic E-state index is 12.8. The van der Waals surface area contributed by atoms with Crippen LogP contribution in [0.15, 0.2) is 18.2 Å². The number of carbonyl (C=O) groups is 2. The van der Waals surface area contributed by atoms with Crippen molar-refractivity contribution in [3.8, 4) is 5.75 Å². The van der Waals surface area contributed by atoms with E-state index in [9.17, 15) is 22.8 Å². The lowest BCUT2D eigenvalue weighted by molar-refractivity contribution is -0.274. The number of likely N-dealkylation sites (tertiary alicyclic amines) is 1. The third-order valence-electron chi connectivity index (χ3n) is 5.34. The number of amides is 2. The van der Waals surface area contributed by atoms with Crippen molar-refractivity contribution in [1.29, 1.82) is 0 Å². The molecule has 0 bridgehead atoms. The summed E-state index contributed by atoms with van der Waals surface area (Å²) in [6, 6.07) is 3.19. The van der Waals surface area contributed by atoms with Crippen molar-refractivity contribution in [1.82, 2.24) is 9.88 Å². The zero-order valence-corrected chi connectivity index (χ0v) is 16.1. The number of alkyl halides is 3.